The second-order valence-corrected chi connectivity index (χ2v) is 3.94. The van der Waals surface area contributed by atoms with Crippen molar-refractivity contribution in [2.24, 2.45) is 0 Å². The van der Waals surface area contributed by atoms with Crippen LogP contribution in [0.2, 0.25) is 0 Å². The van der Waals surface area contributed by atoms with Gasteiger partial charge >= 0.3 is 5.97 Å². The minimum atomic E-state index is -1.09. The first-order valence-corrected chi connectivity index (χ1v) is 5.72. The van der Waals surface area contributed by atoms with E-state index in [4.69, 9.17) is 10.2 Å². The topological polar surface area (TPSA) is 95.3 Å². The Morgan fingerprint density at radius 3 is 2.47 bits per heavy atom. The number of anilines is 1. The normalized spacial score (nSPS) is 10.1. The minimum Gasteiger partial charge on any atom is -0.508 e. The molecule has 1 aromatic carbocycles. The monoisotopic (exact) mass is 259 g/mol. The van der Waals surface area contributed by atoms with E-state index in [0.717, 1.165) is 12.0 Å². The molecule has 1 heterocycles. The van der Waals surface area contributed by atoms with Gasteiger partial charge in [-0.15, -0.1) is 0 Å². The average molecular weight is 259 g/mol. The Kier molecular flexibility index (Phi) is 3.92. The van der Waals surface area contributed by atoms with Crippen LogP contribution in [0, 0.1) is 0 Å². The number of aromatic hydroxyl groups is 1. The van der Waals surface area contributed by atoms with Crippen LogP contribution >= 0.6 is 0 Å². The van der Waals surface area contributed by atoms with Crippen molar-refractivity contribution in [1.82, 2.24) is 9.97 Å². The molecule has 0 fully saturated rings. The summed E-state index contributed by atoms with van der Waals surface area (Å²) in [5.74, 6) is -0.321. The van der Waals surface area contributed by atoms with Crippen molar-refractivity contribution in [3.8, 4) is 5.75 Å². The molecule has 1 aromatic heterocycles. The fourth-order valence-corrected chi connectivity index (χ4v) is 1.53. The molecule has 2 aromatic rings. The molecule has 0 saturated heterocycles. The molecule has 0 saturated carbocycles. The molecule has 19 heavy (non-hydrogen) atoms. The third-order valence-corrected chi connectivity index (χ3v) is 2.53. The van der Waals surface area contributed by atoms with E-state index in [2.05, 4.69) is 15.3 Å². The third kappa shape index (κ3) is 3.67. The van der Waals surface area contributed by atoms with Gasteiger partial charge in [-0.1, -0.05) is 12.1 Å². The van der Waals surface area contributed by atoms with Gasteiger partial charge in [0.25, 0.3) is 0 Å². The summed E-state index contributed by atoms with van der Waals surface area (Å²) in [7, 11) is 0. The number of phenolic OH excluding ortho intramolecular Hbond substituents is 1. The summed E-state index contributed by atoms with van der Waals surface area (Å²) in [6.07, 6.45) is 3.37. The highest BCUT2D eigenvalue weighted by Gasteiger charge is 2.04. The zero-order valence-electron chi connectivity index (χ0n) is 10.1. The van der Waals surface area contributed by atoms with E-state index in [1.807, 2.05) is 12.1 Å². The van der Waals surface area contributed by atoms with Gasteiger partial charge in [0.2, 0.25) is 0 Å². The number of carbonyl (C=O) groups is 1. The number of carboxylic acids is 1. The Labute approximate surface area is 109 Å². The number of phenols is 1. The Balaban J connectivity index is 1.85. The van der Waals surface area contributed by atoms with Crippen LogP contribution in [0.25, 0.3) is 0 Å². The highest BCUT2D eigenvalue weighted by Crippen LogP contribution is 2.10. The molecule has 0 aliphatic carbocycles. The molecule has 0 atom stereocenters. The van der Waals surface area contributed by atoms with Crippen molar-refractivity contribution < 1.29 is 15.0 Å². The Morgan fingerprint density at radius 1 is 1.16 bits per heavy atom. The zero-order valence-corrected chi connectivity index (χ0v) is 10.1. The van der Waals surface area contributed by atoms with Crippen molar-refractivity contribution in [3.63, 3.8) is 0 Å². The van der Waals surface area contributed by atoms with E-state index in [1.54, 1.807) is 12.1 Å². The van der Waals surface area contributed by atoms with Crippen LogP contribution in [0.15, 0.2) is 36.7 Å². The first-order valence-electron chi connectivity index (χ1n) is 5.72. The molecule has 6 nitrogen and oxygen atoms in total. The highest BCUT2D eigenvalue weighted by molar-refractivity contribution is 5.84. The molecule has 0 spiro atoms. The van der Waals surface area contributed by atoms with Crippen LogP contribution in [0.3, 0.4) is 0 Å². The van der Waals surface area contributed by atoms with Crippen molar-refractivity contribution in [1.29, 1.82) is 0 Å². The second-order valence-electron chi connectivity index (χ2n) is 3.94. The molecule has 3 N–H and O–H groups in total. The molecule has 98 valence electrons. The highest BCUT2D eigenvalue weighted by atomic mass is 16.4. The summed E-state index contributed by atoms with van der Waals surface area (Å²) in [6.45, 7) is 0.645. The predicted octanol–water partition coefficient (Wildman–Crippen LogP) is 1.53. The lowest BCUT2D eigenvalue weighted by atomic mass is 10.1. The van der Waals surface area contributed by atoms with Crippen LogP contribution in [-0.4, -0.2) is 32.7 Å². The Hall–Kier alpha value is -2.63. The van der Waals surface area contributed by atoms with E-state index >= 15 is 0 Å². The molecule has 0 aliphatic rings. The molecule has 0 amide bonds. The van der Waals surface area contributed by atoms with Gasteiger partial charge < -0.3 is 15.5 Å². The summed E-state index contributed by atoms with van der Waals surface area (Å²) >= 11 is 0. The van der Waals surface area contributed by atoms with Crippen LogP contribution in [-0.2, 0) is 6.42 Å². The quantitative estimate of drug-likeness (QED) is 0.753. The predicted molar refractivity (Wildman–Crippen MR) is 69.3 cm³/mol. The first-order chi connectivity index (χ1) is 9.15. The van der Waals surface area contributed by atoms with Crippen molar-refractivity contribution in [3.05, 3.63) is 47.9 Å². The van der Waals surface area contributed by atoms with Gasteiger partial charge in [0.15, 0.2) is 5.69 Å². The summed E-state index contributed by atoms with van der Waals surface area (Å²) in [4.78, 5) is 18.3. The van der Waals surface area contributed by atoms with Crippen LogP contribution in [0.4, 0.5) is 5.82 Å². The SMILES string of the molecule is O=C(O)c1cnc(NCCc2ccc(O)cc2)cn1. The van der Waals surface area contributed by atoms with Gasteiger partial charge in [0.1, 0.15) is 11.6 Å². The number of nitrogens with zero attached hydrogens (tertiary/aromatic N) is 2. The van der Waals surface area contributed by atoms with E-state index in [1.165, 1.54) is 12.4 Å². The molecular formula is C13H13N3O3. The van der Waals surface area contributed by atoms with Gasteiger partial charge in [-0.2, -0.15) is 0 Å². The fraction of sp³-hybridized carbons (Fsp3) is 0.154. The molecule has 0 unspecified atom stereocenters. The van der Waals surface area contributed by atoms with E-state index in [0.29, 0.717) is 12.4 Å². The Bertz CT molecular complexity index is 552. The number of benzene rings is 1. The fourth-order valence-electron chi connectivity index (χ4n) is 1.53. The summed E-state index contributed by atoms with van der Waals surface area (Å²) in [5, 5.41) is 20.9. The maximum absolute atomic E-state index is 10.6. The molecule has 0 bridgehead atoms. The largest absolute Gasteiger partial charge is 0.508 e. The summed E-state index contributed by atoms with van der Waals surface area (Å²) < 4.78 is 0. The van der Waals surface area contributed by atoms with Crippen LogP contribution in [0.5, 0.6) is 5.75 Å². The molecule has 2 rings (SSSR count). The lowest BCUT2D eigenvalue weighted by Gasteiger charge is -2.05. The second kappa shape index (κ2) is 5.81. The van der Waals surface area contributed by atoms with E-state index in [-0.39, 0.29) is 11.4 Å². The molecular weight excluding hydrogens is 246 g/mol. The maximum Gasteiger partial charge on any atom is 0.356 e. The molecule has 0 aliphatic heterocycles. The van der Waals surface area contributed by atoms with Gasteiger partial charge in [-0.25, -0.2) is 14.8 Å². The van der Waals surface area contributed by atoms with Crippen molar-refractivity contribution >= 4 is 11.8 Å². The third-order valence-electron chi connectivity index (χ3n) is 2.53. The summed E-state index contributed by atoms with van der Waals surface area (Å²) in [6, 6.07) is 6.96. The maximum atomic E-state index is 10.6. The molecule has 0 radical (unpaired) electrons. The van der Waals surface area contributed by atoms with E-state index < -0.39 is 5.97 Å². The smallest absolute Gasteiger partial charge is 0.356 e. The minimum absolute atomic E-state index is 0.0796. The number of aromatic nitrogens is 2. The number of hydrogen-bond donors (Lipinski definition) is 3. The van der Waals surface area contributed by atoms with Crippen molar-refractivity contribution in [2.75, 3.05) is 11.9 Å². The average Bonchev–Trinajstić information content (AvgIpc) is 2.41. The number of aromatic carboxylic acids is 1. The zero-order chi connectivity index (χ0) is 13.7. The van der Waals surface area contributed by atoms with Gasteiger partial charge in [0, 0.05) is 6.54 Å². The first kappa shape index (κ1) is 12.8. The Morgan fingerprint density at radius 2 is 1.89 bits per heavy atom. The van der Waals surface area contributed by atoms with Gasteiger partial charge in [-0.3, -0.25) is 0 Å². The molecule has 6 heteroatoms. The number of hydrogen-bond acceptors (Lipinski definition) is 5. The number of nitrogens with one attached hydrogen (secondary N) is 1. The standard InChI is InChI=1S/C13H13N3O3/c17-10-3-1-9(2-4-10)5-6-14-12-8-15-11(7-16-12)13(18)19/h1-4,7-8,17H,5-6H2,(H,14,16)(H,18,19). The van der Waals surface area contributed by atoms with Crippen molar-refractivity contribution in [2.45, 2.75) is 6.42 Å². The van der Waals surface area contributed by atoms with Crippen LogP contribution in [0.1, 0.15) is 16.1 Å². The van der Waals surface area contributed by atoms with Crippen LogP contribution < -0.4 is 5.32 Å². The number of carboxylic acid groups (broad SMARTS) is 1. The van der Waals surface area contributed by atoms with Gasteiger partial charge in [0.05, 0.1) is 12.4 Å². The van der Waals surface area contributed by atoms with Gasteiger partial charge in [-0.05, 0) is 24.1 Å². The summed E-state index contributed by atoms with van der Waals surface area (Å²) in [5.41, 5.74) is 1.00. The van der Waals surface area contributed by atoms with E-state index in [9.17, 15) is 4.79 Å². The lowest BCUT2D eigenvalue weighted by molar-refractivity contribution is 0.0690. The lowest BCUT2D eigenvalue weighted by Crippen LogP contribution is -2.08. The number of rotatable bonds is 5.